The molecule has 0 spiro atoms. The van der Waals surface area contributed by atoms with Gasteiger partial charge in [0.05, 0.1) is 34.5 Å². The highest BCUT2D eigenvalue weighted by atomic mass is 16.5. The van der Waals surface area contributed by atoms with E-state index in [-0.39, 0.29) is 6.10 Å². The van der Waals surface area contributed by atoms with Gasteiger partial charge in [-0.05, 0) is 18.2 Å². The topological polar surface area (TPSA) is 66.4 Å². The summed E-state index contributed by atoms with van der Waals surface area (Å²) in [7, 11) is 6.35. The molecule has 1 heterocycles. The van der Waals surface area contributed by atoms with Crippen LogP contribution in [0.5, 0.6) is 28.7 Å². The van der Waals surface area contributed by atoms with Crippen molar-refractivity contribution in [3.8, 4) is 28.7 Å². The van der Waals surface area contributed by atoms with E-state index < -0.39 is 6.10 Å². The monoisotopic (exact) mass is 396 g/mol. The fraction of sp³-hybridized carbons (Fsp3) is 0.304. The molecule has 152 valence electrons. The van der Waals surface area contributed by atoms with Gasteiger partial charge in [0.15, 0.2) is 11.5 Å². The molecule has 1 aliphatic heterocycles. The number of hydrogen-bond donors (Lipinski definition) is 1. The van der Waals surface area contributed by atoms with Crippen LogP contribution in [0.1, 0.15) is 29.8 Å². The molecule has 1 unspecified atom stereocenters. The van der Waals surface area contributed by atoms with Gasteiger partial charge in [0, 0.05) is 28.3 Å². The molecule has 0 saturated carbocycles. The Morgan fingerprint density at radius 2 is 1.45 bits per heavy atom. The summed E-state index contributed by atoms with van der Waals surface area (Å²) in [5.74, 6) is 2.99. The lowest BCUT2D eigenvalue weighted by Crippen LogP contribution is -2.19. The largest absolute Gasteiger partial charge is 0.496 e. The van der Waals surface area contributed by atoms with Gasteiger partial charge < -0.3 is 28.8 Å². The minimum Gasteiger partial charge on any atom is -0.496 e. The number of rotatable bonds is 5. The van der Waals surface area contributed by atoms with E-state index >= 15 is 0 Å². The van der Waals surface area contributed by atoms with Gasteiger partial charge in [-0.1, -0.05) is 24.3 Å². The van der Waals surface area contributed by atoms with Crippen LogP contribution in [0.4, 0.5) is 0 Å². The van der Waals surface area contributed by atoms with Crippen molar-refractivity contribution in [1.29, 1.82) is 0 Å². The van der Waals surface area contributed by atoms with E-state index in [1.54, 1.807) is 28.4 Å². The minimum absolute atomic E-state index is 0.372. The molecule has 4 rings (SSSR count). The zero-order valence-electron chi connectivity index (χ0n) is 16.9. The van der Waals surface area contributed by atoms with E-state index in [2.05, 4.69) is 0 Å². The molecular weight excluding hydrogens is 372 g/mol. The molecule has 0 saturated heterocycles. The van der Waals surface area contributed by atoms with Gasteiger partial charge in [-0.25, -0.2) is 0 Å². The van der Waals surface area contributed by atoms with E-state index in [0.717, 1.165) is 21.9 Å². The number of ether oxygens (including phenoxy) is 5. The van der Waals surface area contributed by atoms with Crippen molar-refractivity contribution in [2.45, 2.75) is 18.6 Å². The summed E-state index contributed by atoms with van der Waals surface area (Å²) in [5.41, 5.74) is 1.56. The van der Waals surface area contributed by atoms with Gasteiger partial charge in [-0.15, -0.1) is 0 Å². The fourth-order valence-electron chi connectivity index (χ4n) is 3.90. The molecule has 0 aromatic heterocycles. The first-order chi connectivity index (χ1) is 14.1. The highest BCUT2D eigenvalue weighted by Crippen LogP contribution is 2.49. The van der Waals surface area contributed by atoms with Crippen molar-refractivity contribution in [2.24, 2.45) is 0 Å². The Hall–Kier alpha value is -3.12. The summed E-state index contributed by atoms with van der Waals surface area (Å²) in [5, 5.41) is 12.7. The molecule has 29 heavy (non-hydrogen) atoms. The first-order valence-electron chi connectivity index (χ1n) is 9.35. The predicted molar refractivity (Wildman–Crippen MR) is 110 cm³/mol. The smallest absolute Gasteiger partial charge is 0.203 e. The first-order valence-corrected chi connectivity index (χ1v) is 9.35. The number of aliphatic hydroxyl groups excluding tert-OH is 1. The first kappa shape index (κ1) is 19.2. The Kier molecular flexibility index (Phi) is 5.11. The van der Waals surface area contributed by atoms with Crippen molar-refractivity contribution in [2.75, 3.05) is 28.4 Å². The van der Waals surface area contributed by atoms with Gasteiger partial charge in [0.1, 0.15) is 17.6 Å². The van der Waals surface area contributed by atoms with Crippen molar-refractivity contribution in [1.82, 2.24) is 0 Å². The minimum atomic E-state index is -0.693. The number of methoxy groups -OCH3 is 4. The maximum Gasteiger partial charge on any atom is 0.203 e. The second-order valence-electron chi connectivity index (χ2n) is 6.86. The molecule has 3 aromatic rings. The fourth-order valence-corrected chi connectivity index (χ4v) is 3.90. The average Bonchev–Trinajstić information content (AvgIpc) is 2.77. The molecule has 0 radical (unpaired) electrons. The lowest BCUT2D eigenvalue weighted by Gasteiger charge is -2.32. The quantitative estimate of drug-likeness (QED) is 0.688. The van der Waals surface area contributed by atoms with Crippen molar-refractivity contribution in [3.05, 3.63) is 53.6 Å². The normalized spacial score (nSPS) is 18.0. The average molecular weight is 396 g/mol. The van der Waals surface area contributed by atoms with Crippen molar-refractivity contribution >= 4 is 10.8 Å². The van der Waals surface area contributed by atoms with Gasteiger partial charge >= 0.3 is 0 Å². The van der Waals surface area contributed by atoms with Crippen LogP contribution in [-0.4, -0.2) is 33.5 Å². The zero-order valence-corrected chi connectivity index (χ0v) is 16.9. The zero-order chi connectivity index (χ0) is 20.5. The summed E-state index contributed by atoms with van der Waals surface area (Å²) in [6.07, 6.45) is -0.669. The Balaban J connectivity index is 1.83. The summed E-state index contributed by atoms with van der Waals surface area (Å²) >= 11 is 0. The van der Waals surface area contributed by atoms with E-state index in [1.807, 2.05) is 42.5 Å². The van der Waals surface area contributed by atoms with E-state index in [9.17, 15) is 5.11 Å². The second-order valence-corrected chi connectivity index (χ2v) is 6.86. The van der Waals surface area contributed by atoms with Crippen LogP contribution in [0.25, 0.3) is 10.8 Å². The molecule has 0 bridgehead atoms. The van der Waals surface area contributed by atoms with E-state index in [1.165, 1.54) is 0 Å². The lowest BCUT2D eigenvalue weighted by molar-refractivity contribution is 0.0667. The van der Waals surface area contributed by atoms with Crippen LogP contribution in [-0.2, 0) is 0 Å². The van der Waals surface area contributed by atoms with E-state index in [4.69, 9.17) is 23.7 Å². The molecule has 3 aromatic carbocycles. The summed E-state index contributed by atoms with van der Waals surface area (Å²) in [6, 6.07) is 13.4. The summed E-state index contributed by atoms with van der Waals surface area (Å²) in [4.78, 5) is 0. The molecule has 6 heteroatoms. The molecule has 0 fully saturated rings. The molecule has 6 nitrogen and oxygen atoms in total. The molecular formula is C23H24O6. The molecule has 2 atom stereocenters. The molecule has 1 aliphatic rings. The van der Waals surface area contributed by atoms with Crippen LogP contribution in [0.3, 0.4) is 0 Å². The van der Waals surface area contributed by atoms with Gasteiger partial charge in [0.2, 0.25) is 5.75 Å². The maximum absolute atomic E-state index is 10.9. The van der Waals surface area contributed by atoms with Gasteiger partial charge in [-0.2, -0.15) is 0 Å². The SMILES string of the molecule is COc1cc([C@@H]2CC(O)c3cc(OC)c4ccccc4c3O2)cc(OC)c1OC. The van der Waals surface area contributed by atoms with Crippen LogP contribution in [0, 0.1) is 0 Å². The number of hydrogen-bond acceptors (Lipinski definition) is 6. The Labute approximate surface area is 169 Å². The number of benzene rings is 3. The third-order valence-electron chi connectivity index (χ3n) is 5.32. The van der Waals surface area contributed by atoms with Gasteiger partial charge in [-0.3, -0.25) is 0 Å². The summed E-state index contributed by atoms with van der Waals surface area (Å²) < 4.78 is 28.3. The molecule has 0 amide bonds. The maximum atomic E-state index is 10.9. The Morgan fingerprint density at radius 1 is 0.828 bits per heavy atom. The lowest BCUT2D eigenvalue weighted by atomic mass is 9.92. The predicted octanol–water partition coefficient (Wildman–Crippen LogP) is 4.43. The second kappa shape index (κ2) is 7.72. The van der Waals surface area contributed by atoms with Crippen LogP contribution < -0.4 is 23.7 Å². The van der Waals surface area contributed by atoms with Crippen LogP contribution >= 0.6 is 0 Å². The highest BCUT2D eigenvalue weighted by molar-refractivity contribution is 5.94. The van der Waals surface area contributed by atoms with Gasteiger partial charge in [0.25, 0.3) is 0 Å². The third kappa shape index (κ3) is 3.19. The molecule has 1 N–H and O–H groups in total. The third-order valence-corrected chi connectivity index (χ3v) is 5.32. The van der Waals surface area contributed by atoms with Crippen LogP contribution in [0.2, 0.25) is 0 Å². The van der Waals surface area contributed by atoms with Crippen molar-refractivity contribution < 1.29 is 28.8 Å². The molecule has 0 aliphatic carbocycles. The summed E-state index contributed by atoms with van der Waals surface area (Å²) in [6.45, 7) is 0. The van der Waals surface area contributed by atoms with Crippen LogP contribution in [0.15, 0.2) is 42.5 Å². The van der Waals surface area contributed by atoms with Crippen molar-refractivity contribution in [3.63, 3.8) is 0 Å². The highest BCUT2D eigenvalue weighted by Gasteiger charge is 2.32. The standard InChI is InChI=1S/C23H24O6/c1-25-19-11-16-17(24)12-18(29-22(16)15-8-6-5-7-14(15)19)13-9-20(26-2)23(28-4)21(10-13)27-3/h5-11,17-18,24H,12H2,1-4H3/t17?,18-/m0/s1. The Morgan fingerprint density at radius 3 is 2.03 bits per heavy atom. The van der Waals surface area contributed by atoms with E-state index in [0.29, 0.717) is 35.2 Å². The number of fused-ring (bicyclic) bond motifs is 3. The Bertz CT molecular complexity index is 1020. The number of aliphatic hydroxyl groups is 1.